The zero-order valence-electron chi connectivity index (χ0n) is 19.3. The topological polar surface area (TPSA) is 87.0 Å². The van der Waals surface area contributed by atoms with Crippen LogP contribution >= 0.6 is 0 Å². The molecule has 5 heteroatoms. The third-order valence-electron chi connectivity index (χ3n) is 6.22. The van der Waals surface area contributed by atoms with E-state index in [1.807, 2.05) is 97.9 Å². The number of hydrogen-bond donors (Lipinski definition) is 2. The van der Waals surface area contributed by atoms with Crippen LogP contribution < -0.4 is 0 Å². The fraction of sp³-hybridized carbons (Fsp3) is 0.167. The standard InChI is InChI=1S/C30H25NO4/c1-2-25-26(28(32)33)24(19-18-21-12-6-3-7-13-21)30(29(34)35,20-22-14-8-4-9-15-22)27(31-25)23-16-10-5-11-17-23/h3-17,24H,2,20H2,1H3,(H,32,33)(H,34,35). The van der Waals surface area contributed by atoms with Crippen molar-refractivity contribution in [3.05, 3.63) is 119 Å². The van der Waals surface area contributed by atoms with Crippen LogP contribution in [0.3, 0.4) is 0 Å². The Morgan fingerprint density at radius 1 is 0.886 bits per heavy atom. The molecule has 174 valence electrons. The van der Waals surface area contributed by atoms with Gasteiger partial charge >= 0.3 is 11.9 Å². The van der Waals surface area contributed by atoms with Gasteiger partial charge in [-0.3, -0.25) is 9.79 Å². The molecule has 3 aromatic carbocycles. The van der Waals surface area contributed by atoms with E-state index < -0.39 is 23.3 Å². The smallest absolute Gasteiger partial charge is 0.334 e. The fourth-order valence-corrected chi connectivity index (χ4v) is 4.56. The van der Waals surface area contributed by atoms with E-state index >= 15 is 0 Å². The lowest BCUT2D eigenvalue weighted by atomic mass is 9.62. The van der Waals surface area contributed by atoms with Crippen LogP contribution in [0.4, 0.5) is 0 Å². The van der Waals surface area contributed by atoms with Gasteiger partial charge in [0.2, 0.25) is 0 Å². The van der Waals surface area contributed by atoms with Gasteiger partial charge in [0.05, 0.1) is 22.9 Å². The molecule has 2 unspecified atom stereocenters. The molecule has 0 saturated carbocycles. The minimum absolute atomic E-state index is 0.0405. The number of allylic oxidation sites excluding steroid dienone is 1. The van der Waals surface area contributed by atoms with E-state index in [0.29, 0.717) is 29.0 Å². The minimum atomic E-state index is -1.71. The number of hydrogen-bond acceptors (Lipinski definition) is 3. The van der Waals surface area contributed by atoms with Gasteiger partial charge in [-0.05, 0) is 36.1 Å². The van der Waals surface area contributed by atoms with Crippen LogP contribution in [0, 0.1) is 23.2 Å². The molecule has 0 aromatic heterocycles. The molecular weight excluding hydrogens is 438 g/mol. The number of nitrogens with zero attached hydrogens (tertiary/aromatic N) is 1. The van der Waals surface area contributed by atoms with Gasteiger partial charge in [0, 0.05) is 5.56 Å². The summed E-state index contributed by atoms with van der Waals surface area (Å²) in [7, 11) is 0. The Kier molecular flexibility index (Phi) is 6.93. The summed E-state index contributed by atoms with van der Waals surface area (Å²) in [4.78, 5) is 30.6. The van der Waals surface area contributed by atoms with E-state index in [1.54, 1.807) is 0 Å². The quantitative estimate of drug-likeness (QED) is 0.491. The maximum Gasteiger partial charge on any atom is 0.334 e. The van der Waals surface area contributed by atoms with Crippen LogP contribution in [-0.2, 0) is 16.0 Å². The second-order valence-corrected chi connectivity index (χ2v) is 8.35. The highest BCUT2D eigenvalue weighted by atomic mass is 16.4. The van der Waals surface area contributed by atoms with Gasteiger partial charge < -0.3 is 10.2 Å². The monoisotopic (exact) mass is 463 g/mol. The molecule has 0 spiro atoms. The van der Waals surface area contributed by atoms with Crippen molar-refractivity contribution in [1.82, 2.24) is 0 Å². The highest BCUT2D eigenvalue weighted by molar-refractivity contribution is 6.18. The summed E-state index contributed by atoms with van der Waals surface area (Å²) in [5.41, 5.74) is 0.962. The van der Waals surface area contributed by atoms with Crippen LogP contribution in [0.2, 0.25) is 0 Å². The van der Waals surface area contributed by atoms with Crippen LogP contribution in [-0.4, -0.2) is 27.9 Å². The largest absolute Gasteiger partial charge is 0.480 e. The van der Waals surface area contributed by atoms with E-state index in [4.69, 9.17) is 4.99 Å². The average molecular weight is 464 g/mol. The van der Waals surface area contributed by atoms with Crippen molar-refractivity contribution in [2.75, 3.05) is 0 Å². The average Bonchev–Trinajstić information content (AvgIpc) is 2.88. The minimum Gasteiger partial charge on any atom is -0.480 e. The second kappa shape index (κ2) is 10.2. The van der Waals surface area contributed by atoms with Crippen molar-refractivity contribution in [3.8, 4) is 11.8 Å². The van der Waals surface area contributed by atoms with Gasteiger partial charge in [-0.1, -0.05) is 97.6 Å². The van der Waals surface area contributed by atoms with Gasteiger partial charge in [0.25, 0.3) is 0 Å². The number of aliphatic imine (C=N–C) groups is 1. The van der Waals surface area contributed by atoms with Gasteiger partial charge in [-0.2, -0.15) is 0 Å². The zero-order chi connectivity index (χ0) is 24.8. The Labute approximate surface area is 204 Å². The van der Waals surface area contributed by atoms with Crippen molar-refractivity contribution in [2.24, 2.45) is 16.3 Å². The van der Waals surface area contributed by atoms with Gasteiger partial charge in [-0.25, -0.2) is 4.79 Å². The van der Waals surface area contributed by atoms with E-state index in [-0.39, 0.29) is 12.0 Å². The normalized spacial score (nSPS) is 19.3. The first kappa shape index (κ1) is 23.7. The summed E-state index contributed by atoms with van der Waals surface area (Å²) >= 11 is 0. The molecule has 2 atom stereocenters. The van der Waals surface area contributed by atoms with Crippen LogP contribution in [0.1, 0.15) is 30.0 Å². The van der Waals surface area contributed by atoms with Crippen LogP contribution in [0.15, 0.2) is 107 Å². The van der Waals surface area contributed by atoms with Crippen LogP contribution in [0.5, 0.6) is 0 Å². The fourth-order valence-electron chi connectivity index (χ4n) is 4.56. The van der Waals surface area contributed by atoms with Crippen LogP contribution in [0.25, 0.3) is 0 Å². The Bertz CT molecular complexity index is 1350. The SMILES string of the molecule is CCC1=C(C(=O)O)C(C#Cc2ccccc2)C(Cc2ccccc2)(C(=O)O)C(c2ccccc2)=N1. The van der Waals surface area contributed by atoms with E-state index in [1.165, 1.54) is 0 Å². The van der Waals surface area contributed by atoms with Crippen molar-refractivity contribution in [1.29, 1.82) is 0 Å². The lowest BCUT2D eigenvalue weighted by Crippen LogP contribution is -2.51. The van der Waals surface area contributed by atoms with Crippen molar-refractivity contribution in [2.45, 2.75) is 19.8 Å². The molecule has 0 amide bonds. The molecule has 0 bridgehead atoms. The Morgan fingerprint density at radius 3 is 2.00 bits per heavy atom. The lowest BCUT2D eigenvalue weighted by Gasteiger charge is -2.39. The summed E-state index contributed by atoms with van der Waals surface area (Å²) in [5.74, 6) is 2.63. The van der Waals surface area contributed by atoms with E-state index in [9.17, 15) is 19.8 Å². The zero-order valence-corrected chi connectivity index (χ0v) is 19.3. The number of benzene rings is 3. The predicted molar refractivity (Wildman–Crippen MR) is 135 cm³/mol. The molecule has 5 nitrogen and oxygen atoms in total. The van der Waals surface area contributed by atoms with Crippen molar-refractivity contribution >= 4 is 17.7 Å². The first-order valence-corrected chi connectivity index (χ1v) is 11.4. The van der Waals surface area contributed by atoms with Gasteiger partial charge in [0.15, 0.2) is 0 Å². The molecule has 0 aliphatic carbocycles. The predicted octanol–water partition coefficient (Wildman–Crippen LogP) is 5.22. The first-order valence-electron chi connectivity index (χ1n) is 11.4. The highest BCUT2D eigenvalue weighted by Crippen LogP contribution is 2.45. The van der Waals surface area contributed by atoms with E-state index in [2.05, 4.69) is 11.8 Å². The summed E-state index contributed by atoms with van der Waals surface area (Å²) in [6.45, 7) is 1.82. The summed E-state index contributed by atoms with van der Waals surface area (Å²) in [6, 6.07) is 27.5. The summed E-state index contributed by atoms with van der Waals surface area (Å²) in [5, 5.41) is 21.1. The first-order chi connectivity index (χ1) is 17.0. The van der Waals surface area contributed by atoms with Crippen molar-refractivity contribution in [3.63, 3.8) is 0 Å². The molecule has 35 heavy (non-hydrogen) atoms. The molecule has 0 saturated heterocycles. The van der Waals surface area contributed by atoms with E-state index in [0.717, 1.165) is 5.56 Å². The lowest BCUT2D eigenvalue weighted by molar-refractivity contribution is -0.146. The summed E-state index contributed by atoms with van der Waals surface area (Å²) < 4.78 is 0. The van der Waals surface area contributed by atoms with Gasteiger partial charge in [-0.15, -0.1) is 0 Å². The highest BCUT2D eigenvalue weighted by Gasteiger charge is 2.55. The molecule has 0 radical (unpaired) electrons. The second-order valence-electron chi connectivity index (χ2n) is 8.35. The molecule has 3 aromatic rings. The Morgan fingerprint density at radius 2 is 1.46 bits per heavy atom. The number of carboxylic acid groups (broad SMARTS) is 2. The molecule has 1 heterocycles. The van der Waals surface area contributed by atoms with Gasteiger partial charge in [0.1, 0.15) is 5.41 Å². The molecule has 1 aliphatic rings. The number of aliphatic carboxylic acids is 2. The maximum absolute atomic E-state index is 13.3. The molecule has 1 aliphatic heterocycles. The molecule has 4 rings (SSSR count). The number of rotatable bonds is 6. The molecular formula is C30H25NO4. The third-order valence-corrected chi connectivity index (χ3v) is 6.22. The summed E-state index contributed by atoms with van der Waals surface area (Å²) in [6.07, 6.45) is 0.376. The maximum atomic E-state index is 13.3. The number of carbonyl (C=O) groups is 2. The third kappa shape index (κ3) is 4.64. The molecule has 2 N–H and O–H groups in total. The number of carboxylic acids is 2. The van der Waals surface area contributed by atoms with Crippen molar-refractivity contribution < 1.29 is 19.8 Å². The Balaban J connectivity index is 2.05. The molecule has 0 fully saturated rings. The Hall–Kier alpha value is -4.43.